The molecule has 0 aliphatic carbocycles. The second-order valence-electron chi connectivity index (χ2n) is 3.07. The fourth-order valence-corrected chi connectivity index (χ4v) is 1.25. The van der Waals surface area contributed by atoms with E-state index in [1.807, 2.05) is 0 Å². The second kappa shape index (κ2) is 5.64. The Kier molecular flexibility index (Phi) is 4.21. The van der Waals surface area contributed by atoms with Crippen molar-refractivity contribution < 1.29 is 19.2 Å². The molecule has 0 spiro atoms. The Bertz CT molecular complexity index is 467. The minimum Gasteiger partial charge on any atom is -0.503 e. The SMILES string of the molecule is CO/C=C(/C(=O)OC)c1cccc([N+](=O)[O-])c1. The van der Waals surface area contributed by atoms with Gasteiger partial charge < -0.3 is 9.47 Å². The fourth-order valence-electron chi connectivity index (χ4n) is 1.25. The van der Waals surface area contributed by atoms with E-state index in [1.165, 1.54) is 38.7 Å². The molecule has 6 heteroatoms. The number of carbonyl (C=O) groups excluding carboxylic acids is 1. The van der Waals surface area contributed by atoms with E-state index in [9.17, 15) is 14.9 Å². The molecule has 17 heavy (non-hydrogen) atoms. The van der Waals surface area contributed by atoms with Crippen LogP contribution in [0.3, 0.4) is 0 Å². The molecule has 0 unspecified atom stereocenters. The third-order valence-corrected chi connectivity index (χ3v) is 2.01. The van der Waals surface area contributed by atoms with Gasteiger partial charge in [0.2, 0.25) is 0 Å². The molecule has 1 aromatic carbocycles. The van der Waals surface area contributed by atoms with Crippen molar-refractivity contribution in [3.63, 3.8) is 0 Å². The van der Waals surface area contributed by atoms with Crippen molar-refractivity contribution in [1.82, 2.24) is 0 Å². The zero-order valence-electron chi connectivity index (χ0n) is 9.38. The van der Waals surface area contributed by atoms with E-state index in [-0.39, 0.29) is 11.3 Å². The van der Waals surface area contributed by atoms with E-state index >= 15 is 0 Å². The maximum absolute atomic E-state index is 11.4. The lowest BCUT2D eigenvalue weighted by molar-refractivity contribution is -0.384. The first-order chi connectivity index (χ1) is 8.10. The second-order valence-corrected chi connectivity index (χ2v) is 3.07. The monoisotopic (exact) mass is 237 g/mol. The number of methoxy groups -OCH3 is 2. The van der Waals surface area contributed by atoms with Crippen LogP contribution in [0.1, 0.15) is 5.56 Å². The lowest BCUT2D eigenvalue weighted by Crippen LogP contribution is -2.04. The van der Waals surface area contributed by atoms with Crippen LogP contribution in [0.4, 0.5) is 5.69 Å². The van der Waals surface area contributed by atoms with Crippen molar-refractivity contribution in [3.05, 3.63) is 46.2 Å². The highest BCUT2D eigenvalue weighted by atomic mass is 16.6. The fraction of sp³-hybridized carbons (Fsp3) is 0.182. The minimum atomic E-state index is -0.618. The predicted octanol–water partition coefficient (Wildman–Crippen LogP) is 1.76. The molecular weight excluding hydrogens is 226 g/mol. The number of benzene rings is 1. The van der Waals surface area contributed by atoms with Crippen molar-refractivity contribution >= 4 is 17.2 Å². The first kappa shape index (κ1) is 12.7. The molecule has 0 saturated carbocycles. The highest BCUT2D eigenvalue weighted by Gasteiger charge is 2.15. The Morgan fingerprint density at radius 3 is 2.65 bits per heavy atom. The van der Waals surface area contributed by atoms with Crippen molar-refractivity contribution in [1.29, 1.82) is 0 Å². The number of ether oxygens (including phenoxy) is 2. The van der Waals surface area contributed by atoms with Gasteiger partial charge >= 0.3 is 5.97 Å². The Labute approximate surface area is 97.6 Å². The van der Waals surface area contributed by atoms with Gasteiger partial charge in [0.25, 0.3) is 5.69 Å². The molecule has 0 N–H and O–H groups in total. The standard InChI is InChI=1S/C11H11NO5/c1-16-7-10(11(13)17-2)8-4-3-5-9(6-8)12(14)15/h3-7H,1-2H3/b10-7+. The zero-order chi connectivity index (χ0) is 12.8. The van der Waals surface area contributed by atoms with Crippen molar-refractivity contribution in [2.24, 2.45) is 0 Å². The van der Waals surface area contributed by atoms with Gasteiger partial charge in [0.15, 0.2) is 0 Å². The van der Waals surface area contributed by atoms with E-state index in [0.717, 1.165) is 0 Å². The molecular formula is C11H11NO5. The maximum atomic E-state index is 11.4. The van der Waals surface area contributed by atoms with E-state index in [1.54, 1.807) is 6.07 Å². The molecule has 0 heterocycles. The van der Waals surface area contributed by atoms with Gasteiger partial charge in [-0.05, 0) is 5.56 Å². The van der Waals surface area contributed by atoms with Gasteiger partial charge in [0, 0.05) is 12.1 Å². The van der Waals surface area contributed by atoms with Crippen molar-refractivity contribution in [3.8, 4) is 0 Å². The molecule has 0 amide bonds. The van der Waals surface area contributed by atoms with Crippen molar-refractivity contribution in [2.45, 2.75) is 0 Å². The number of hydrogen-bond acceptors (Lipinski definition) is 5. The number of rotatable bonds is 4. The van der Waals surface area contributed by atoms with Crippen LogP contribution in [0.2, 0.25) is 0 Å². The van der Waals surface area contributed by atoms with E-state index < -0.39 is 10.9 Å². The average molecular weight is 237 g/mol. The third-order valence-electron chi connectivity index (χ3n) is 2.01. The summed E-state index contributed by atoms with van der Waals surface area (Å²) in [6.07, 6.45) is 1.19. The van der Waals surface area contributed by atoms with E-state index in [4.69, 9.17) is 4.74 Å². The van der Waals surface area contributed by atoms with Crippen LogP contribution in [0.5, 0.6) is 0 Å². The summed E-state index contributed by atoms with van der Waals surface area (Å²) in [6, 6.07) is 5.67. The summed E-state index contributed by atoms with van der Waals surface area (Å²) in [5, 5.41) is 10.6. The van der Waals surface area contributed by atoms with Crippen molar-refractivity contribution in [2.75, 3.05) is 14.2 Å². The maximum Gasteiger partial charge on any atom is 0.341 e. The number of carbonyl (C=O) groups is 1. The van der Waals surface area contributed by atoms with Crippen LogP contribution in [-0.2, 0) is 14.3 Å². The van der Waals surface area contributed by atoms with Crippen LogP contribution >= 0.6 is 0 Å². The Hall–Kier alpha value is -2.37. The first-order valence-electron chi connectivity index (χ1n) is 4.66. The minimum absolute atomic E-state index is 0.103. The molecule has 6 nitrogen and oxygen atoms in total. The van der Waals surface area contributed by atoms with Gasteiger partial charge in [0.1, 0.15) is 5.57 Å². The summed E-state index contributed by atoms with van der Waals surface area (Å²) in [5.41, 5.74) is 0.389. The first-order valence-corrected chi connectivity index (χ1v) is 4.66. The molecule has 0 radical (unpaired) electrons. The number of nitrogens with zero attached hydrogens (tertiary/aromatic N) is 1. The predicted molar refractivity (Wildman–Crippen MR) is 60.1 cm³/mol. The summed E-state index contributed by atoms with van der Waals surface area (Å²) in [7, 11) is 2.60. The summed E-state index contributed by atoms with van der Waals surface area (Å²) in [4.78, 5) is 21.5. The van der Waals surface area contributed by atoms with Crippen LogP contribution in [0.15, 0.2) is 30.5 Å². The summed E-state index contributed by atoms with van der Waals surface area (Å²) >= 11 is 0. The number of non-ortho nitro benzene ring substituents is 1. The van der Waals surface area contributed by atoms with Crippen LogP contribution in [-0.4, -0.2) is 25.1 Å². The average Bonchev–Trinajstić information content (AvgIpc) is 2.35. The molecule has 0 atom stereocenters. The largest absolute Gasteiger partial charge is 0.503 e. The number of hydrogen-bond donors (Lipinski definition) is 0. The summed E-state index contributed by atoms with van der Waals surface area (Å²) in [6.45, 7) is 0. The van der Waals surface area contributed by atoms with Crippen LogP contribution < -0.4 is 0 Å². The summed E-state index contributed by atoms with van der Waals surface area (Å²) < 4.78 is 9.31. The topological polar surface area (TPSA) is 78.7 Å². The Balaban J connectivity index is 3.20. The smallest absolute Gasteiger partial charge is 0.341 e. The molecule has 0 aromatic heterocycles. The molecule has 1 aromatic rings. The molecule has 0 saturated heterocycles. The van der Waals surface area contributed by atoms with Gasteiger partial charge in [-0.1, -0.05) is 12.1 Å². The number of esters is 1. The normalized spacial score (nSPS) is 10.8. The highest BCUT2D eigenvalue weighted by molar-refractivity contribution is 6.16. The Morgan fingerprint density at radius 2 is 2.12 bits per heavy atom. The quantitative estimate of drug-likeness (QED) is 0.262. The van der Waals surface area contributed by atoms with Gasteiger partial charge in [-0.3, -0.25) is 10.1 Å². The molecule has 0 bridgehead atoms. The lowest BCUT2D eigenvalue weighted by atomic mass is 10.1. The number of nitro benzene ring substituents is 1. The van der Waals surface area contributed by atoms with E-state index in [0.29, 0.717) is 5.56 Å². The van der Waals surface area contributed by atoms with Crippen LogP contribution in [0, 0.1) is 10.1 Å². The summed E-state index contributed by atoms with van der Waals surface area (Å²) in [5.74, 6) is -0.618. The van der Waals surface area contributed by atoms with Gasteiger partial charge in [-0.2, -0.15) is 0 Å². The van der Waals surface area contributed by atoms with E-state index in [2.05, 4.69) is 4.74 Å². The zero-order valence-corrected chi connectivity index (χ0v) is 9.38. The molecule has 0 aliphatic heterocycles. The molecule has 0 aliphatic rings. The Morgan fingerprint density at radius 1 is 1.41 bits per heavy atom. The molecule has 90 valence electrons. The van der Waals surface area contributed by atoms with Gasteiger partial charge in [0.05, 0.1) is 25.4 Å². The van der Waals surface area contributed by atoms with Crippen LogP contribution in [0.25, 0.3) is 5.57 Å². The third kappa shape index (κ3) is 3.04. The molecule has 1 rings (SSSR count). The van der Waals surface area contributed by atoms with Gasteiger partial charge in [-0.25, -0.2) is 4.79 Å². The highest BCUT2D eigenvalue weighted by Crippen LogP contribution is 2.21. The lowest BCUT2D eigenvalue weighted by Gasteiger charge is -2.04. The number of nitro groups is 1. The van der Waals surface area contributed by atoms with Gasteiger partial charge in [-0.15, -0.1) is 0 Å². The molecule has 0 fully saturated rings.